The fraction of sp³-hybridized carbons (Fsp3) is 0.688. The van der Waals surface area contributed by atoms with Gasteiger partial charge in [0.1, 0.15) is 29.7 Å². The number of furan rings is 1. The Hall–Kier alpha value is -2.94. The zero-order valence-corrected chi connectivity index (χ0v) is 24.9. The van der Waals surface area contributed by atoms with Crippen LogP contribution in [-0.2, 0) is 38.1 Å². The lowest BCUT2D eigenvalue weighted by molar-refractivity contribution is -0.220. The number of carbonyl (C=O) groups is 4. The van der Waals surface area contributed by atoms with E-state index in [-0.39, 0.29) is 36.4 Å². The van der Waals surface area contributed by atoms with Crippen LogP contribution in [0.25, 0.3) is 0 Å². The van der Waals surface area contributed by atoms with Crippen molar-refractivity contribution in [3.63, 3.8) is 0 Å². The third-order valence-corrected chi connectivity index (χ3v) is 11.8. The van der Waals surface area contributed by atoms with Gasteiger partial charge in [-0.05, 0) is 38.7 Å². The van der Waals surface area contributed by atoms with E-state index in [0.717, 1.165) is 5.56 Å². The van der Waals surface area contributed by atoms with Crippen molar-refractivity contribution < 1.29 is 42.5 Å². The normalized spacial score (nSPS) is 44.1. The smallest absolute Gasteiger partial charge is 0.333 e. The molecule has 3 aliphatic carbocycles. The summed E-state index contributed by atoms with van der Waals surface area (Å²) in [6, 6.07) is 1.83. The Kier molecular flexibility index (Phi) is 6.21. The van der Waals surface area contributed by atoms with Gasteiger partial charge in [0.05, 0.1) is 32.0 Å². The van der Waals surface area contributed by atoms with E-state index in [1.54, 1.807) is 32.4 Å². The number of ether oxygens (including phenoxy) is 4. The summed E-state index contributed by atoms with van der Waals surface area (Å²) in [6.45, 7) is 11.5. The van der Waals surface area contributed by atoms with E-state index in [9.17, 15) is 19.2 Å². The highest BCUT2D eigenvalue weighted by Gasteiger charge is 2.86. The van der Waals surface area contributed by atoms with Gasteiger partial charge in [0, 0.05) is 45.6 Å². The van der Waals surface area contributed by atoms with Crippen LogP contribution in [0.3, 0.4) is 0 Å². The molecule has 222 valence electrons. The van der Waals surface area contributed by atoms with Crippen LogP contribution < -0.4 is 0 Å². The predicted molar refractivity (Wildman–Crippen MR) is 144 cm³/mol. The van der Waals surface area contributed by atoms with Gasteiger partial charge in [0.15, 0.2) is 0 Å². The van der Waals surface area contributed by atoms with Gasteiger partial charge >= 0.3 is 17.9 Å². The first-order valence-corrected chi connectivity index (χ1v) is 14.6. The average Bonchev–Trinajstić information content (AvgIpc) is 3.39. The van der Waals surface area contributed by atoms with Crippen LogP contribution in [0.1, 0.15) is 78.9 Å². The molecule has 1 spiro atoms. The Morgan fingerprint density at radius 2 is 1.88 bits per heavy atom. The van der Waals surface area contributed by atoms with Gasteiger partial charge in [-0.3, -0.25) is 14.4 Å². The number of hydrogen-bond acceptors (Lipinski definition) is 9. The summed E-state index contributed by atoms with van der Waals surface area (Å²) >= 11 is 0. The van der Waals surface area contributed by atoms with E-state index in [4.69, 9.17) is 23.4 Å². The number of esters is 3. The van der Waals surface area contributed by atoms with Crippen molar-refractivity contribution in [1.82, 2.24) is 0 Å². The maximum Gasteiger partial charge on any atom is 0.333 e. The van der Waals surface area contributed by atoms with Crippen LogP contribution >= 0.6 is 0 Å². The zero-order valence-electron chi connectivity index (χ0n) is 24.9. The molecule has 6 rings (SSSR count). The summed E-state index contributed by atoms with van der Waals surface area (Å²) < 4.78 is 29.4. The quantitative estimate of drug-likeness (QED) is 0.215. The van der Waals surface area contributed by atoms with Crippen molar-refractivity contribution >= 4 is 23.7 Å². The monoisotopic (exact) mass is 568 g/mol. The van der Waals surface area contributed by atoms with Crippen molar-refractivity contribution in [3.05, 3.63) is 35.8 Å². The number of carbonyl (C=O) groups excluding carboxylic acids is 4. The van der Waals surface area contributed by atoms with Crippen molar-refractivity contribution in [3.8, 4) is 0 Å². The maximum atomic E-state index is 14.6. The molecule has 5 aliphatic rings. The van der Waals surface area contributed by atoms with Crippen molar-refractivity contribution in [1.29, 1.82) is 0 Å². The lowest BCUT2D eigenvalue weighted by atomic mass is 9.37. The van der Waals surface area contributed by atoms with E-state index in [2.05, 4.69) is 6.92 Å². The highest BCUT2D eigenvalue weighted by molar-refractivity contribution is 5.94. The molecule has 3 saturated carbocycles. The number of Topliss-reactive ketones (excluding diaryl/α,β-unsaturated/α-hetero) is 1. The minimum absolute atomic E-state index is 0.00791. The molecule has 0 aromatic carbocycles. The van der Waals surface area contributed by atoms with Crippen LogP contribution in [0.4, 0.5) is 0 Å². The van der Waals surface area contributed by atoms with Crippen LogP contribution in [-0.4, -0.2) is 48.6 Å². The lowest BCUT2D eigenvalue weighted by Gasteiger charge is -2.65. The third-order valence-electron chi connectivity index (χ3n) is 11.8. The summed E-state index contributed by atoms with van der Waals surface area (Å²) in [5, 5.41) is 0. The molecular weight excluding hydrogens is 528 g/mol. The van der Waals surface area contributed by atoms with E-state index >= 15 is 0 Å². The van der Waals surface area contributed by atoms with Gasteiger partial charge in [-0.2, -0.15) is 0 Å². The van der Waals surface area contributed by atoms with Crippen LogP contribution in [0.15, 0.2) is 34.7 Å². The Morgan fingerprint density at radius 1 is 1.15 bits per heavy atom. The number of allylic oxidation sites excluding steroid dienone is 1. The molecule has 0 amide bonds. The van der Waals surface area contributed by atoms with Crippen molar-refractivity contribution in [2.24, 2.45) is 39.9 Å². The van der Waals surface area contributed by atoms with Gasteiger partial charge in [-0.1, -0.05) is 33.8 Å². The molecule has 10 atom stereocenters. The molecular formula is C32H40O9. The molecule has 9 nitrogen and oxygen atoms in total. The molecule has 10 unspecified atom stereocenters. The Bertz CT molecular complexity index is 1330. The van der Waals surface area contributed by atoms with Crippen molar-refractivity contribution in [2.45, 2.75) is 91.1 Å². The second-order valence-corrected chi connectivity index (χ2v) is 13.8. The van der Waals surface area contributed by atoms with Crippen LogP contribution in [0, 0.1) is 39.9 Å². The fourth-order valence-electron chi connectivity index (χ4n) is 9.63. The summed E-state index contributed by atoms with van der Waals surface area (Å²) in [4.78, 5) is 53.8. The summed E-state index contributed by atoms with van der Waals surface area (Å²) in [5.41, 5.74) is -1.71. The molecule has 1 aromatic heterocycles. The van der Waals surface area contributed by atoms with Gasteiger partial charge < -0.3 is 23.4 Å². The van der Waals surface area contributed by atoms with Gasteiger partial charge in [-0.15, -0.1) is 0 Å². The molecule has 9 heteroatoms. The molecule has 0 radical (unpaired) electrons. The van der Waals surface area contributed by atoms with Crippen LogP contribution in [0.2, 0.25) is 0 Å². The molecule has 3 heterocycles. The second-order valence-electron chi connectivity index (χ2n) is 13.8. The number of methoxy groups -OCH3 is 1. The number of rotatable bonds is 5. The summed E-state index contributed by atoms with van der Waals surface area (Å²) in [6.07, 6.45) is 4.59. The molecule has 0 N–H and O–H groups in total. The van der Waals surface area contributed by atoms with Gasteiger partial charge in [-0.25, -0.2) is 4.79 Å². The SMILES string of the molecule is CC=C(C)C(=O)OC1C2C(=O)C(C)(C(CC(=O)OC)C1(C)C)C1CCC3(C)C(c4ccoc4)OC(=O)CC3C13OC23. The minimum atomic E-state index is -0.957. The average molecular weight is 569 g/mol. The standard InChI is InChI=1S/C32H40O9/c1-8-16(2)28(36)40-26-23-24(35)31(6,19(29(26,3)4)13-21(33)37-7)18-9-11-30(5)20(32(18)27(23)41-32)14-22(34)39-25(30)17-10-12-38-15-17/h8,10,12,15,18-20,23,25-27H,9,11,13-14H2,1-7H3. The Morgan fingerprint density at radius 3 is 2.51 bits per heavy atom. The number of epoxide rings is 1. The predicted octanol–water partition coefficient (Wildman–Crippen LogP) is 4.74. The summed E-state index contributed by atoms with van der Waals surface area (Å²) in [5.74, 6) is -2.91. The first kappa shape index (κ1) is 28.2. The molecule has 1 aromatic rings. The molecule has 2 bridgehead atoms. The number of ketones is 1. The lowest BCUT2D eigenvalue weighted by Crippen LogP contribution is -2.72. The van der Waals surface area contributed by atoms with Crippen LogP contribution in [0.5, 0.6) is 0 Å². The molecule has 41 heavy (non-hydrogen) atoms. The zero-order chi connectivity index (χ0) is 29.7. The first-order chi connectivity index (χ1) is 19.3. The third kappa shape index (κ3) is 3.56. The van der Waals surface area contributed by atoms with E-state index < -0.39 is 63.9 Å². The number of fused-ring (bicyclic) bond motifs is 5. The van der Waals surface area contributed by atoms with E-state index in [0.29, 0.717) is 18.4 Å². The first-order valence-electron chi connectivity index (χ1n) is 14.6. The molecule has 5 fully saturated rings. The van der Waals surface area contributed by atoms with Crippen molar-refractivity contribution in [2.75, 3.05) is 7.11 Å². The highest BCUT2D eigenvalue weighted by Crippen LogP contribution is 2.77. The van der Waals surface area contributed by atoms with E-state index in [1.165, 1.54) is 7.11 Å². The minimum Gasteiger partial charge on any atom is -0.472 e. The van der Waals surface area contributed by atoms with E-state index in [1.807, 2.05) is 26.8 Å². The highest BCUT2D eigenvalue weighted by atomic mass is 16.6. The molecule has 2 saturated heterocycles. The number of cyclic esters (lactones) is 1. The molecule has 2 aliphatic heterocycles. The largest absolute Gasteiger partial charge is 0.472 e. The van der Waals surface area contributed by atoms with Gasteiger partial charge in [0.25, 0.3) is 0 Å². The van der Waals surface area contributed by atoms with Gasteiger partial charge in [0.2, 0.25) is 0 Å². The Balaban J connectivity index is 1.49. The topological polar surface area (TPSA) is 122 Å². The maximum absolute atomic E-state index is 14.6. The second kappa shape index (κ2) is 9.03. The fourth-order valence-corrected chi connectivity index (χ4v) is 9.63. The summed E-state index contributed by atoms with van der Waals surface area (Å²) in [7, 11) is 1.34. The number of hydrogen-bond donors (Lipinski definition) is 0. The Labute approximate surface area is 240 Å².